The summed E-state index contributed by atoms with van der Waals surface area (Å²) < 4.78 is 5.70. The van der Waals surface area contributed by atoms with Crippen LogP contribution in [0.3, 0.4) is 0 Å². The van der Waals surface area contributed by atoms with Gasteiger partial charge in [-0.25, -0.2) is 9.97 Å². The number of methoxy groups -OCH3 is 1. The lowest BCUT2D eigenvalue weighted by Crippen LogP contribution is -2.06. The van der Waals surface area contributed by atoms with Crippen molar-refractivity contribution in [2.75, 3.05) is 7.11 Å². The summed E-state index contributed by atoms with van der Waals surface area (Å²) in [6.07, 6.45) is 1.53. The van der Waals surface area contributed by atoms with Gasteiger partial charge in [-0.05, 0) is 18.2 Å². The van der Waals surface area contributed by atoms with E-state index in [1.165, 1.54) is 13.4 Å². The zero-order chi connectivity index (χ0) is 13.8. The van der Waals surface area contributed by atoms with E-state index in [0.29, 0.717) is 26.6 Å². The molecule has 0 saturated carbocycles. The molecule has 0 radical (unpaired) electrons. The molecule has 0 aliphatic heterocycles. The van der Waals surface area contributed by atoms with Crippen molar-refractivity contribution in [3.05, 3.63) is 51.3 Å². The molecule has 0 bridgehead atoms. The van der Waals surface area contributed by atoms with Crippen molar-refractivity contribution in [2.45, 2.75) is 6.42 Å². The highest BCUT2D eigenvalue weighted by molar-refractivity contribution is 9.10. The van der Waals surface area contributed by atoms with Crippen LogP contribution >= 0.6 is 27.5 Å². The molecule has 1 aromatic carbocycles. The molecule has 1 aromatic heterocycles. The Bertz CT molecular complexity index is 619. The molecule has 0 aliphatic rings. The van der Waals surface area contributed by atoms with E-state index >= 15 is 0 Å². The van der Waals surface area contributed by atoms with Crippen molar-refractivity contribution in [3.8, 4) is 5.88 Å². The van der Waals surface area contributed by atoms with Crippen molar-refractivity contribution in [1.82, 2.24) is 9.97 Å². The number of nitrogens with zero attached hydrogens (tertiary/aromatic N) is 2. The minimum Gasteiger partial charge on any atom is -0.481 e. The van der Waals surface area contributed by atoms with Crippen LogP contribution in [0, 0.1) is 0 Å². The van der Waals surface area contributed by atoms with Crippen LogP contribution in [-0.4, -0.2) is 22.9 Å². The van der Waals surface area contributed by atoms with E-state index in [1.54, 1.807) is 24.3 Å². The van der Waals surface area contributed by atoms with Gasteiger partial charge >= 0.3 is 0 Å². The minimum absolute atomic E-state index is 0.0740. The summed E-state index contributed by atoms with van der Waals surface area (Å²) in [6.45, 7) is 0. The van der Waals surface area contributed by atoms with Gasteiger partial charge in [0.25, 0.3) is 0 Å². The Kier molecular flexibility index (Phi) is 4.50. The lowest BCUT2D eigenvalue weighted by Gasteiger charge is -2.05. The number of hydrogen-bond donors (Lipinski definition) is 0. The number of halogens is 2. The Hall–Kier alpha value is -1.46. The van der Waals surface area contributed by atoms with Crippen LogP contribution < -0.4 is 4.74 Å². The number of aromatic nitrogens is 2. The van der Waals surface area contributed by atoms with Gasteiger partial charge in [-0.2, -0.15) is 0 Å². The first-order valence-corrected chi connectivity index (χ1v) is 6.60. The van der Waals surface area contributed by atoms with E-state index in [2.05, 4.69) is 25.9 Å². The zero-order valence-electron chi connectivity index (χ0n) is 10.1. The largest absolute Gasteiger partial charge is 0.481 e. The molecular formula is C13H10BrClN2O2. The fraction of sp³-hybridized carbons (Fsp3) is 0.154. The highest BCUT2D eigenvalue weighted by atomic mass is 79.9. The lowest BCUT2D eigenvalue weighted by atomic mass is 10.1. The van der Waals surface area contributed by atoms with Crippen molar-refractivity contribution < 1.29 is 9.53 Å². The summed E-state index contributed by atoms with van der Waals surface area (Å²) in [5.74, 6) is 0.359. The minimum atomic E-state index is -0.0740. The highest BCUT2D eigenvalue weighted by Crippen LogP contribution is 2.22. The Morgan fingerprint density at radius 2 is 2.16 bits per heavy atom. The van der Waals surface area contributed by atoms with Gasteiger partial charge in [0.05, 0.1) is 19.2 Å². The summed E-state index contributed by atoms with van der Waals surface area (Å²) in [5.41, 5.74) is 1.13. The van der Waals surface area contributed by atoms with Gasteiger partial charge in [0.15, 0.2) is 5.78 Å². The van der Waals surface area contributed by atoms with E-state index in [4.69, 9.17) is 16.3 Å². The predicted molar refractivity (Wildman–Crippen MR) is 75.8 cm³/mol. The zero-order valence-corrected chi connectivity index (χ0v) is 12.4. The average molecular weight is 342 g/mol. The molecule has 4 nitrogen and oxygen atoms in total. The summed E-state index contributed by atoms with van der Waals surface area (Å²) in [5, 5.41) is 0.520. The molecule has 6 heteroatoms. The summed E-state index contributed by atoms with van der Waals surface area (Å²) in [7, 11) is 1.52. The van der Waals surface area contributed by atoms with Gasteiger partial charge in [0.2, 0.25) is 5.88 Å². The standard InChI is InChI=1S/C13H10BrClN2O2/c1-19-13-6-9(16-7-17-13)5-12(18)10-4-8(15)2-3-11(10)14/h2-4,6-7H,5H2,1H3. The molecule has 0 atom stereocenters. The number of carbonyl (C=O) groups excluding carboxylic acids is 1. The van der Waals surface area contributed by atoms with Crippen LogP contribution in [0.5, 0.6) is 5.88 Å². The summed E-state index contributed by atoms with van der Waals surface area (Å²) in [4.78, 5) is 20.1. The summed E-state index contributed by atoms with van der Waals surface area (Å²) >= 11 is 9.23. The number of carbonyl (C=O) groups is 1. The maximum atomic E-state index is 12.2. The number of ketones is 1. The molecular weight excluding hydrogens is 332 g/mol. The third-order valence-corrected chi connectivity index (χ3v) is 3.40. The first kappa shape index (κ1) is 14.0. The van der Waals surface area contributed by atoms with Gasteiger partial charge in [-0.15, -0.1) is 0 Å². The molecule has 0 unspecified atom stereocenters. The number of Topliss-reactive ketones (excluding diaryl/α,β-unsaturated/α-hetero) is 1. The molecule has 0 saturated heterocycles. The third-order valence-electron chi connectivity index (χ3n) is 2.48. The monoisotopic (exact) mass is 340 g/mol. The Balaban J connectivity index is 2.23. The van der Waals surface area contributed by atoms with Crippen molar-refractivity contribution >= 4 is 33.3 Å². The van der Waals surface area contributed by atoms with Gasteiger partial charge in [0.1, 0.15) is 6.33 Å². The molecule has 0 aliphatic carbocycles. The molecule has 0 spiro atoms. The van der Waals surface area contributed by atoms with Crippen LogP contribution in [-0.2, 0) is 6.42 Å². The SMILES string of the molecule is COc1cc(CC(=O)c2cc(Cl)ccc2Br)ncn1. The second-order valence-corrected chi connectivity index (χ2v) is 5.07. The number of benzene rings is 1. The number of rotatable bonds is 4. The fourth-order valence-electron chi connectivity index (χ4n) is 1.56. The molecule has 19 heavy (non-hydrogen) atoms. The van der Waals surface area contributed by atoms with E-state index in [9.17, 15) is 4.79 Å². The molecule has 98 valence electrons. The second kappa shape index (κ2) is 6.12. The third kappa shape index (κ3) is 3.52. The normalized spacial score (nSPS) is 10.3. The molecule has 1 heterocycles. The van der Waals surface area contributed by atoms with E-state index in [-0.39, 0.29) is 12.2 Å². The van der Waals surface area contributed by atoms with E-state index in [1.807, 2.05) is 0 Å². The second-order valence-electron chi connectivity index (χ2n) is 3.78. The smallest absolute Gasteiger partial charge is 0.216 e. The van der Waals surface area contributed by atoms with Gasteiger partial charge in [-0.3, -0.25) is 4.79 Å². The molecule has 2 rings (SSSR count). The first-order chi connectivity index (χ1) is 9.10. The molecule has 2 aromatic rings. The van der Waals surface area contributed by atoms with Crippen LogP contribution in [0.4, 0.5) is 0 Å². The van der Waals surface area contributed by atoms with Crippen molar-refractivity contribution in [3.63, 3.8) is 0 Å². The Morgan fingerprint density at radius 1 is 1.37 bits per heavy atom. The van der Waals surface area contributed by atoms with Crippen LogP contribution in [0.25, 0.3) is 0 Å². The number of hydrogen-bond acceptors (Lipinski definition) is 4. The molecule has 0 N–H and O–H groups in total. The number of ether oxygens (including phenoxy) is 1. The van der Waals surface area contributed by atoms with E-state index < -0.39 is 0 Å². The fourth-order valence-corrected chi connectivity index (χ4v) is 2.20. The van der Waals surface area contributed by atoms with Gasteiger partial charge in [-0.1, -0.05) is 27.5 Å². The van der Waals surface area contributed by atoms with Crippen molar-refractivity contribution in [1.29, 1.82) is 0 Å². The van der Waals surface area contributed by atoms with Crippen LogP contribution in [0.1, 0.15) is 16.1 Å². The predicted octanol–water partition coefficient (Wildman–Crippen LogP) is 3.33. The first-order valence-electron chi connectivity index (χ1n) is 5.43. The van der Waals surface area contributed by atoms with Crippen LogP contribution in [0.2, 0.25) is 5.02 Å². The Morgan fingerprint density at radius 3 is 2.89 bits per heavy atom. The lowest BCUT2D eigenvalue weighted by molar-refractivity contribution is 0.0991. The summed E-state index contributed by atoms with van der Waals surface area (Å²) in [6, 6.07) is 6.73. The maximum absolute atomic E-state index is 12.2. The average Bonchev–Trinajstić information content (AvgIpc) is 2.41. The van der Waals surface area contributed by atoms with Crippen LogP contribution in [0.15, 0.2) is 35.1 Å². The maximum Gasteiger partial charge on any atom is 0.216 e. The van der Waals surface area contributed by atoms with E-state index in [0.717, 1.165) is 0 Å². The highest BCUT2D eigenvalue weighted by Gasteiger charge is 2.13. The van der Waals surface area contributed by atoms with Gasteiger partial charge in [0, 0.05) is 21.1 Å². The van der Waals surface area contributed by atoms with Crippen molar-refractivity contribution in [2.24, 2.45) is 0 Å². The molecule has 0 amide bonds. The topological polar surface area (TPSA) is 52.1 Å². The molecule has 0 fully saturated rings. The Labute approximate surface area is 123 Å². The quantitative estimate of drug-likeness (QED) is 0.801. The van der Waals surface area contributed by atoms with Gasteiger partial charge < -0.3 is 4.74 Å².